The van der Waals surface area contributed by atoms with Gasteiger partial charge in [0.15, 0.2) is 5.78 Å². The van der Waals surface area contributed by atoms with Crippen LogP contribution < -0.4 is 0 Å². The lowest BCUT2D eigenvalue weighted by molar-refractivity contribution is -0.123. The molecule has 22 heavy (non-hydrogen) atoms. The molecule has 0 bridgehead atoms. The quantitative estimate of drug-likeness (QED) is 0.944. The highest BCUT2D eigenvalue weighted by Crippen LogP contribution is 2.33. The van der Waals surface area contributed by atoms with E-state index in [1.54, 1.807) is 18.0 Å². The highest BCUT2D eigenvalue weighted by molar-refractivity contribution is 6.10. The van der Waals surface area contributed by atoms with Crippen molar-refractivity contribution in [2.75, 3.05) is 0 Å². The van der Waals surface area contributed by atoms with Crippen LogP contribution in [0.25, 0.3) is 11.0 Å². The monoisotopic (exact) mass is 299 g/mol. The van der Waals surface area contributed by atoms with Crippen LogP contribution in [0, 0.1) is 12.8 Å². The lowest BCUT2D eigenvalue weighted by Gasteiger charge is -2.36. The van der Waals surface area contributed by atoms with Crippen LogP contribution >= 0.6 is 0 Å². The highest BCUT2D eigenvalue weighted by atomic mass is 16.2. The lowest BCUT2D eigenvalue weighted by Crippen LogP contribution is -2.48. The Bertz CT molecular complexity index is 763. The third kappa shape index (κ3) is 2.03. The van der Waals surface area contributed by atoms with Gasteiger partial charge in [0, 0.05) is 24.3 Å². The SMILES string of the molecule is CCC(C)C(C(C)=O)N1Cc2c(C)cnc3[nH]cc(c23)C1=O. The van der Waals surface area contributed by atoms with E-state index < -0.39 is 0 Å². The number of nitrogens with one attached hydrogen (secondary N) is 1. The van der Waals surface area contributed by atoms with Crippen LogP contribution in [0.5, 0.6) is 0 Å². The number of carbonyl (C=O) groups is 2. The number of H-pyrrole nitrogens is 1. The predicted octanol–water partition coefficient (Wildman–Crippen LogP) is 2.83. The van der Waals surface area contributed by atoms with Gasteiger partial charge in [-0.3, -0.25) is 9.59 Å². The van der Waals surface area contributed by atoms with Crippen LogP contribution in [0.3, 0.4) is 0 Å². The number of rotatable bonds is 4. The van der Waals surface area contributed by atoms with E-state index in [1.807, 2.05) is 27.0 Å². The van der Waals surface area contributed by atoms with Crippen LogP contribution in [0.1, 0.15) is 48.7 Å². The number of aryl methyl sites for hydroxylation is 1. The number of carbonyl (C=O) groups excluding carboxylic acids is 2. The van der Waals surface area contributed by atoms with E-state index in [4.69, 9.17) is 0 Å². The molecule has 0 spiro atoms. The Kier molecular flexibility index (Phi) is 3.51. The summed E-state index contributed by atoms with van der Waals surface area (Å²) in [5, 5.41) is 0.910. The Morgan fingerprint density at radius 2 is 2.23 bits per heavy atom. The van der Waals surface area contributed by atoms with Gasteiger partial charge in [-0.05, 0) is 30.9 Å². The fraction of sp³-hybridized carbons (Fsp3) is 0.471. The summed E-state index contributed by atoms with van der Waals surface area (Å²) in [6, 6.07) is -0.372. The van der Waals surface area contributed by atoms with Gasteiger partial charge in [0.05, 0.1) is 11.6 Å². The van der Waals surface area contributed by atoms with Crippen molar-refractivity contribution in [2.24, 2.45) is 5.92 Å². The molecule has 116 valence electrons. The molecule has 0 aliphatic carbocycles. The number of hydrogen-bond acceptors (Lipinski definition) is 3. The van der Waals surface area contributed by atoms with Gasteiger partial charge in [0.25, 0.3) is 5.91 Å². The smallest absolute Gasteiger partial charge is 0.257 e. The zero-order valence-electron chi connectivity index (χ0n) is 13.4. The van der Waals surface area contributed by atoms with E-state index in [9.17, 15) is 9.59 Å². The zero-order valence-corrected chi connectivity index (χ0v) is 13.4. The maximum Gasteiger partial charge on any atom is 0.257 e. The molecule has 3 heterocycles. The van der Waals surface area contributed by atoms with Gasteiger partial charge < -0.3 is 9.88 Å². The van der Waals surface area contributed by atoms with Gasteiger partial charge in [-0.1, -0.05) is 20.3 Å². The molecule has 2 aromatic heterocycles. The number of nitrogens with zero attached hydrogens (tertiary/aromatic N) is 2. The molecule has 5 nitrogen and oxygen atoms in total. The van der Waals surface area contributed by atoms with Crippen molar-refractivity contribution in [2.45, 2.75) is 46.7 Å². The number of hydrogen-bond donors (Lipinski definition) is 1. The van der Waals surface area contributed by atoms with Crippen molar-refractivity contribution in [3.8, 4) is 0 Å². The number of aromatic amines is 1. The topological polar surface area (TPSA) is 66.1 Å². The number of Topliss-reactive ketones (excluding diaryl/α,β-unsaturated/α-hetero) is 1. The molecule has 0 saturated carbocycles. The predicted molar refractivity (Wildman–Crippen MR) is 84.6 cm³/mol. The minimum absolute atomic E-state index is 0.0460. The number of aromatic nitrogens is 2. The van der Waals surface area contributed by atoms with Gasteiger partial charge >= 0.3 is 0 Å². The van der Waals surface area contributed by atoms with Crippen molar-refractivity contribution in [3.63, 3.8) is 0 Å². The standard InChI is InChI=1S/C17H21N3O2/c1-5-9(2)15(11(4)21)20-8-13-10(3)6-18-16-14(13)12(7-19-16)17(20)22/h6-7,9,15H,5,8H2,1-4H3,(H,18,19). The van der Waals surface area contributed by atoms with E-state index in [0.29, 0.717) is 12.1 Å². The third-order valence-corrected chi connectivity index (χ3v) is 4.78. The Morgan fingerprint density at radius 3 is 2.86 bits per heavy atom. The summed E-state index contributed by atoms with van der Waals surface area (Å²) in [6.07, 6.45) is 4.39. The van der Waals surface area contributed by atoms with Crippen molar-refractivity contribution >= 4 is 22.7 Å². The average molecular weight is 299 g/mol. The van der Waals surface area contributed by atoms with Gasteiger partial charge in [-0.25, -0.2) is 4.98 Å². The normalized spacial score (nSPS) is 16.9. The van der Waals surface area contributed by atoms with E-state index in [-0.39, 0.29) is 23.7 Å². The molecule has 1 N–H and O–H groups in total. The average Bonchev–Trinajstić information content (AvgIpc) is 2.91. The van der Waals surface area contributed by atoms with E-state index >= 15 is 0 Å². The highest BCUT2D eigenvalue weighted by Gasteiger charge is 2.36. The Hall–Kier alpha value is -2.17. The second-order valence-corrected chi connectivity index (χ2v) is 6.22. The Labute approximate surface area is 129 Å². The van der Waals surface area contributed by atoms with Crippen molar-refractivity contribution < 1.29 is 9.59 Å². The van der Waals surface area contributed by atoms with Crippen LogP contribution in [0.2, 0.25) is 0 Å². The molecule has 2 atom stereocenters. The second-order valence-electron chi connectivity index (χ2n) is 6.22. The van der Waals surface area contributed by atoms with Gasteiger partial charge in [-0.2, -0.15) is 0 Å². The summed E-state index contributed by atoms with van der Waals surface area (Å²) in [4.78, 5) is 34.2. The Morgan fingerprint density at radius 1 is 1.50 bits per heavy atom. The molecule has 3 rings (SSSR count). The third-order valence-electron chi connectivity index (χ3n) is 4.78. The van der Waals surface area contributed by atoms with Crippen molar-refractivity contribution in [1.29, 1.82) is 0 Å². The zero-order chi connectivity index (χ0) is 16.0. The molecule has 0 radical (unpaired) electrons. The van der Waals surface area contributed by atoms with Crippen LogP contribution in [-0.4, -0.2) is 32.6 Å². The lowest BCUT2D eigenvalue weighted by atomic mass is 9.90. The van der Waals surface area contributed by atoms with Crippen LogP contribution in [-0.2, 0) is 11.3 Å². The number of amides is 1. The molecule has 2 unspecified atom stereocenters. The minimum Gasteiger partial charge on any atom is -0.345 e. The van der Waals surface area contributed by atoms with Crippen LogP contribution in [0.15, 0.2) is 12.4 Å². The molecule has 1 amide bonds. The van der Waals surface area contributed by atoms with Gasteiger partial charge in [0.2, 0.25) is 0 Å². The molecule has 1 aliphatic rings. The number of ketones is 1. The second kappa shape index (κ2) is 5.23. The van der Waals surface area contributed by atoms with E-state index in [1.165, 1.54) is 0 Å². The van der Waals surface area contributed by atoms with Gasteiger partial charge in [-0.15, -0.1) is 0 Å². The molecule has 0 aromatic carbocycles. The van der Waals surface area contributed by atoms with E-state index in [0.717, 1.165) is 28.6 Å². The molecule has 0 fully saturated rings. The first-order valence-corrected chi connectivity index (χ1v) is 7.72. The number of pyridine rings is 1. The summed E-state index contributed by atoms with van der Waals surface area (Å²) < 4.78 is 0. The first-order valence-electron chi connectivity index (χ1n) is 7.72. The molecular formula is C17H21N3O2. The summed E-state index contributed by atoms with van der Waals surface area (Å²) in [5.41, 5.74) is 3.52. The maximum absolute atomic E-state index is 12.9. The van der Waals surface area contributed by atoms with Gasteiger partial charge in [0.1, 0.15) is 5.65 Å². The summed E-state index contributed by atoms with van der Waals surface area (Å²) in [7, 11) is 0. The van der Waals surface area contributed by atoms with E-state index in [2.05, 4.69) is 9.97 Å². The maximum atomic E-state index is 12.9. The Balaban J connectivity index is 2.13. The summed E-state index contributed by atoms with van der Waals surface area (Å²) in [6.45, 7) is 8.13. The fourth-order valence-electron chi connectivity index (χ4n) is 3.40. The molecule has 2 aromatic rings. The fourth-order valence-corrected chi connectivity index (χ4v) is 3.40. The first-order chi connectivity index (χ1) is 10.5. The minimum atomic E-state index is -0.372. The van der Waals surface area contributed by atoms with Crippen molar-refractivity contribution in [1.82, 2.24) is 14.9 Å². The summed E-state index contributed by atoms with van der Waals surface area (Å²) in [5.74, 6) is 0.107. The first kappa shape index (κ1) is 14.8. The summed E-state index contributed by atoms with van der Waals surface area (Å²) >= 11 is 0. The largest absolute Gasteiger partial charge is 0.345 e. The molecule has 5 heteroatoms. The molecular weight excluding hydrogens is 278 g/mol. The van der Waals surface area contributed by atoms with Crippen LogP contribution in [0.4, 0.5) is 0 Å². The molecule has 1 aliphatic heterocycles. The van der Waals surface area contributed by atoms with Crippen molar-refractivity contribution in [3.05, 3.63) is 29.1 Å². The molecule has 0 saturated heterocycles.